The average molecular weight is 419 g/mol. The summed E-state index contributed by atoms with van der Waals surface area (Å²) < 4.78 is 40.2. The molecule has 1 aliphatic carbocycles. The number of nitrogens with zero attached hydrogens (tertiary/aromatic N) is 2. The molecule has 0 radical (unpaired) electrons. The number of pyridine rings is 1. The van der Waals surface area contributed by atoms with E-state index in [0.717, 1.165) is 37.8 Å². The number of aromatic amines is 1. The SMILES string of the molecule is Cc1[nH]c(=O)ccc1N1CN([C@H]2CCCC[C@@H]2C)c2cc(C(F)(F)F)ccc2C1=O. The van der Waals surface area contributed by atoms with Crippen molar-refractivity contribution in [2.75, 3.05) is 16.5 Å². The van der Waals surface area contributed by atoms with E-state index in [1.165, 1.54) is 12.1 Å². The Morgan fingerprint density at radius 3 is 2.43 bits per heavy atom. The molecule has 2 heterocycles. The molecule has 160 valence electrons. The Morgan fingerprint density at radius 1 is 1.03 bits per heavy atom. The highest BCUT2D eigenvalue weighted by atomic mass is 19.4. The third kappa shape index (κ3) is 3.59. The molecule has 1 fully saturated rings. The van der Waals surface area contributed by atoms with Crippen LogP contribution in [0, 0.1) is 12.8 Å². The summed E-state index contributed by atoms with van der Waals surface area (Å²) in [5, 5.41) is 0. The second-order valence-corrected chi connectivity index (χ2v) is 8.24. The zero-order valence-corrected chi connectivity index (χ0v) is 16.9. The first-order valence-corrected chi connectivity index (χ1v) is 10.2. The molecular weight excluding hydrogens is 395 g/mol. The summed E-state index contributed by atoms with van der Waals surface area (Å²) in [5.41, 5.74) is 0.663. The first kappa shape index (κ1) is 20.5. The van der Waals surface area contributed by atoms with Crippen molar-refractivity contribution in [1.82, 2.24) is 4.98 Å². The number of hydrogen-bond donors (Lipinski definition) is 1. The first-order valence-electron chi connectivity index (χ1n) is 10.2. The number of carbonyl (C=O) groups excluding carboxylic acids is 1. The van der Waals surface area contributed by atoms with E-state index in [4.69, 9.17) is 0 Å². The number of alkyl halides is 3. The van der Waals surface area contributed by atoms with Gasteiger partial charge in [-0.1, -0.05) is 19.8 Å². The molecule has 1 aromatic carbocycles. The Balaban J connectivity index is 1.84. The zero-order chi connectivity index (χ0) is 21.6. The summed E-state index contributed by atoms with van der Waals surface area (Å²) in [6.07, 6.45) is -0.507. The highest BCUT2D eigenvalue weighted by Crippen LogP contribution is 2.40. The molecule has 1 saturated carbocycles. The summed E-state index contributed by atoms with van der Waals surface area (Å²) in [6.45, 7) is 3.97. The molecule has 8 heteroatoms. The number of benzene rings is 1. The summed E-state index contributed by atoms with van der Waals surface area (Å²) in [5.74, 6) is -0.0681. The van der Waals surface area contributed by atoms with Crippen LogP contribution in [0.1, 0.15) is 54.2 Å². The molecule has 1 aliphatic heterocycles. The molecule has 1 amide bonds. The zero-order valence-electron chi connectivity index (χ0n) is 16.9. The van der Waals surface area contributed by atoms with E-state index in [2.05, 4.69) is 11.9 Å². The van der Waals surface area contributed by atoms with Crippen molar-refractivity contribution in [3.8, 4) is 0 Å². The normalized spacial score (nSPS) is 22.2. The second-order valence-electron chi connectivity index (χ2n) is 8.24. The minimum Gasteiger partial charge on any atom is -0.349 e. The van der Waals surface area contributed by atoms with Crippen LogP contribution < -0.4 is 15.4 Å². The quantitative estimate of drug-likeness (QED) is 0.767. The number of rotatable bonds is 2. The van der Waals surface area contributed by atoms with Crippen molar-refractivity contribution in [1.29, 1.82) is 0 Å². The van der Waals surface area contributed by atoms with Gasteiger partial charge < -0.3 is 9.88 Å². The van der Waals surface area contributed by atoms with Crippen molar-refractivity contribution < 1.29 is 18.0 Å². The molecule has 0 spiro atoms. The van der Waals surface area contributed by atoms with Gasteiger partial charge in [-0.25, -0.2) is 0 Å². The number of aromatic nitrogens is 1. The largest absolute Gasteiger partial charge is 0.416 e. The van der Waals surface area contributed by atoms with Gasteiger partial charge in [-0.3, -0.25) is 14.5 Å². The van der Waals surface area contributed by atoms with Gasteiger partial charge in [-0.15, -0.1) is 0 Å². The topological polar surface area (TPSA) is 56.4 Å². The van der Waals surface area contributed by atoms with Crippen LogP contribution in [0.15, 0.2) is 35.1 Å². The number of halogens is 3. The Morgan fingerprint density at radius 2 is 1.77 bits per heavy atom. The van der Waals surface area contributed by atoms with E-state index in [-0.39, 0.29) is 29.7 Å². The highest BCUT2D eigenvalue weighted by Gasteiger charge is 2.39. The predicted molar refractivity (Wildman–Crippen MR) is 109 cm³/mol. The predicted octanol–water partition coefficient (Wildman–Crippen LogP) is 4.71. The van der Waals surface area contributed by atoms with E-state index in [0.29, 0.717) is 23.0 Å². The number of carbonyl (C=O) groups is 1. The first-order chi connectivity index (χ1) is 14.2. The maximum Gasteiger partial charge on any atom is 0.416 e. The van der Waals surface area contributed by atoms with Crippen LogP contribution in [0.4, 0.5) is 24.5 Å². The van der Waals surface area contributed by atoms with Gasteiger partial charge in [-0.05, 0) is 49.9 Å². The fourth-order valence-corrected chi connectivity index (χ4v) is 4.66. The summed E-state index contributed by atoms with van der Waals surface area (Å²) in [4.78, 5) is 31.1. The van der Waals surface area contributed by atoms with Crippen LogP contribution in [0.2, 0.25) is 0 Å². The van der Waals surface area contributed by atoms with Gasteiger partial charge in [-0.2, -0.15) is 13.2 Å². The molecule has 2 atom stereocenters. The van der Waals surface area contributed by atoms with Crippen molar-refractivity contribution in [3.63, 3.8) is 0 Å². The number of amides is 1. The highest BCUT2D eigenvalue weighted by molar-refractivity contribution is 6.12. The Labute approximate surface area is 172 Å². The monoisotopic (exact) mass is 419 g/mol. The minimum atomic E-state index is -4.48. The average Bonchev–Trinajstić information content (AvgIpc) is 2.69. The number of fused-ring (bicyclic) bond motifs is 1. The van der Waals surface area contributed by atoms with Gasteiger partial charge >= 0.3 is 6.18 Å². The number of aryl methyl sites for hydroxylation is 1. The lowest BCUT2D eigenvalue weighted by Crippen LogP contribution is -2.53. The molecule has 5 nitrogen and oxygen atoms in total. The van der Waals surface area contributed by atoms with Crippen LogP contribution in [-0.2, 0) is 6.18 Å². The number of H-pyrrole nitrogens is 1. The molecule has 0 bridgehead atoms. The number of anilines is 2. The van der Waals surface area contributed by atoms with Crippen molar-refractivity contribution >= 4 is 17.3 Å². The van der Waals surface area contributed by atoms with Crippen molar-refractivity contribution in [2.45, 2.75) is 51.7 Å². The lowest BCUT2D eigenvalue weighted by Gasteiger charge is -2.46. The smallest absolute Gasteiger partial charge is 0.349 e. The fraction of sp³-hybridized carbons (Fsp3) is 0.455. The van der Waals surface area contributed by atoms with Gasteiger partial charge in [0.05, 0.1) is 29.2 Å². The van der Waals surface area contributed by atoms with E-state index < -0.39 is 11.7 Å². The van der Waals surface area contributed by atoms with E-state index in [1.807, 2.05) is 4.90 Å². The van der Waals surface area contributed by atoms with Crippen molar-refractivity contribution in [3.05, 3.63) is 57.5 Å². The van der Waals surface area contributed by atoms with Gasteiger partial charge in [0.2, 0.25) is 5.56 Å². The van der Waals surface area contributed by atoms with Gasteiger partial charge in [0.25, 0.3) is 5.91 Å². The summed E-state index contributed by atoms with van der Waals surface area (Å²) in [7, 11) is 0. The fourth-order valence-electron chi connectivity index (χ4n) is 4.66. The molecule has 4 rings (SSSR count). The lowest BCUT2D eigenvalue weighted by atomic mass is 9.84. The van der Waals surface area contributed by atoms with Gasteiger partial charge in [0, 0.05) is 17.8 Å². The molecule has 0 saturated heterocycles. The molecule has 2 aliphatic rings. The van der Waals surface area contributed by atoms with E-state index >= 15 is 0 Å². The Hall–Kier alpha value is -2.77. The Bertz CT molecular complexity index is 1030. The van der Waals surface area contributed by atoms with Gasteiger partial charge in [0.15, 0.2) is 0 Å². The summed E-state index contributed by atoms with van der Waals surface area (Å²) >= 11 is 0. The van der Waals surface area contributed by atoms with Crippen LogP contribution >= 0.6 is 0 Å². The molecule has 0 unspecified atom stereocenters. The molecule has 2 aromatic rings. The number of hydrogen-bond acceptors (Lipinski definition) is 3. The van der Waals surface area contributed by atoms with E-state index in [9.17, 15) is 22.8 Å². The third-order valence-electron chi connectivity index (χ3n) is 6.25. The Kier molecular flexibility index (Phi) is 5.11. The maximum atomic E-state index is 13.4. The maximum absolute atomic E-state index is 13.4. The molecule has 1 N–H and O–H groups in total. The minimum absolute atomic E-state index is 0.0413. The standard InChI is InChI=1S/C22H24F3N3O2/c1-13-5-3-4-6-17(13)27-12-28(18-9-10-20(29)26-14(18)2)21(30)16-8-7-15(11-19(16)27)22(23,24)25/h7-11,13,17H,3-6,12H2,1-2H3,(H,26,29)/t13-,17-/m0/s1. The summed E-state index contributed by atoms with van der Waals surface area (Å²) in [6, 6.07) is 6.32. The van der Waals surface area contributed by atoms with Crippen LogP contribution in [0.5, 0.6) is 0 Å². The third-order valence-corrected chi connectivity index (χ3v) is 6.25. The van der Waals surface area contributed by atoms with E-state index in [1.54, 1.807) is 17.9 Å². The molecule has 30 heavy (non-hydrogen) atoms. The molecular formula is C22H24F3N3O2. The lowest BCUT2D eigenvalue weighted by molar-refractivity contribution is -0.137. The second kappa shape index (κ2) is 7.49. The van der Waals surface area contributed by atoms with Crippen LogP contribution in [-0.4, -0.2) is 23.6 Å². The molecule has 1 aromatic heterocycles. The van der Waals surface area contributed by atoms with Gasteiger partial charge in [0.1, 0.15) is 0 Å². The number of nitrogens with one attached hydrogen (secondary N) is 1. The van der Waals surface area contributed by atoms with Crippen molar-refractivity contribution in [2.24, 2.45) is 5.92 Å². The van der Waals surface area contributed by atoms with Crippen LogP contribution in [0.3, 0.4) is 0 Å². The van der Waals surface area contributed by atoms with Crippen LogP contribution in [0.25, 0.3) is 0 Å².